The van der Waals surface area contributed by atoms with Gasteiger partial charge in [-0.3, -0.25) is 14.7 Å². The first-order valence-electron chi connectivity index (χ1n) is 8.84. The number of H-pyrrole nitrogens is 1. The van der Waals surface area contributed by atoms with E-state index in [4.69, 9.17) is 9.84 Å². The molecule has 0 atom stereocenters. The Morgan fingerprint density at radius 3 is 2.85 bits per heavy atom. The number of aromatic nitrogens is 2. The van der Waals surface area contributed by atoms with Gasteiger partial charge in [0.2, 0.25) is 11.8 Å². The Morgan fingerprint density at radius 2 is 2.19 bits per heavy atom. The number of carbonyl (C=O) groups excluding carboxylic acids is 2. The molecule has 1 aromatic carbocycles. The van der Waals surface area contributed by atoms with Crippen molar-refractivity contribution in [1.29, 1.82) is 0 Å². The fourth-order valence-electron chi connectivity index (χ4n) is 3.39. The molecule has 1 aliphatic rings. The largest absolute Gasteiger partial charge is 0.497 e. The molecule has 0 aliphatic carbocycles. The Balaban J connectivity index is 1.68. The normalized spacial score (nSPS) is 15.1. The molecule has 2 amide bonds. The molecule has 1 aliphatic heterocycles. The highest BCUT2D eigenvalue weighted by Gasteiger charge is 2.50. The number of benzene rings is 1. The maximum atomic E-state index is 12.9. The third kappa shape index (κ3) is 4.28. The summed E-state index contributed by atoms with van der Waals surface area (Å²) in [5.41, 5.74) is 1.28. The van der Waals surface area contributed by atoms with Crippen LogP contribution in [-0.2, 0) is 22.4 Å². The zero-order valence-electron chi connectivity index (χ0n) is 15.3. The van der Waals surface area contributed by atoms with Crippen molar-refractivity contribution in [1.82, 2.24) is 20.4 Å². The van der Waals surface area contributed by atoms with Gasteiger partial charge in [-0.15, -0.1) is 0 Å². The molecule has 8 heteroatoms. The van der Waals surface area contributed by atoms with Crippen LogP contribution >= 0.6 is 0 Å². The van der Waals surface area contributed by atoms with Gasteiger partial charge in [-0.2, -0.15) is 5.10 Å². The minimum absolute atomic E-state index is 0.0872. The smallest absolute Gasteiger partial charge is 0.248 e. The summed E-state index contributed by atoms with van der Waals surface area (Å²) in [6.07, 6.45) is 4.69. The minimum atomic E-state index is -0.701. The number of hydrogen-bond acceptors (Lipinski definition) is 5. The zero-order chi connectivity index (χ0) is 19.3. The summed E-state index contributed by atoms with van der Waals surface area (Å²) < 4.78 is 5.26. The number of amides is 2. The number of methoxy groups -OCH3 is 1. The number of hydrogen-bond donors (Lipinski definition) is 3. The summed E-state index contributed by atoms with van der Waals surface area (Å²) in [7, 11) is 1.60. The van der Waals surface area contributed by atoms with Gasteiger partial charge in [-0.1, -0.05) is 12.1 Å². The van der Waals surface area contributed by atoms with Gasteiger partial charge < -0.3 is 20.1 Å². The van der Waals surface area contributed by atoms with E-state index in [1.807, 2.05) is 24.3 Å². The topological polar surface area (TPSA) is 108 Å². The van der Waals surface area contributed by atoms with Crippen LogP contribution in [0.25, 0.3) is 0 Å². The van der Waals surface area contributed by atoms with E-state index >= 15 is 0 Å². The van der Waals surface area contributed by atoms with Crippen LogP contribution in [0, 0.1) is 5.41 Å². The number of carbonyl (C=O) groups is 2. The molecule has 1 fully saturated rings. The first-order valence-corrected chi connectivity index (χ1v) is 8.84. The number of nitrogens with one attached hydrogen (secondary N) is 2. The molecule has 2 aromatic rings. The van der Waals surface area contributed by atoms with Crippen LogP contribution < -0.4 is 10.1 Å². The van der Waals surface area contributed by atoms with Crippen molar-refractivity contribution in [3.05, 3.63) is 47.8 Å². The van der Waals surface area contributed by atoms with Gasteiger partial charge in [0.25, 0.3) is 0 Å². The highest BCUT2D eigenvalue weighted by Crippen LogP contribution is 2.35. The van der Waals surface area contributed by atoms with Crippen LogP contribution in [0.15, 0.2) is 36.7 Å². The summed E-state index contributed by atoms with van der Waals surface area (Å²) >= 11 is 0. The van der Waals surface area contributed by atoms with Crippen LogP contribution in [0.4, 0.5) is 0 Å². The highest BCUT2D eigenvalue weighted by atomic mass is 16.5. The lowest BCUT2D eigenvalue weighted by molar-refractivity contribution is -0.155. The molecule has 8 nitrogen and oxygen atoms in total. The minimum Gasteiger partial charge on any atom is -0.497 e. The van der Waals surface area contributed by atoms with E-state index in [2.05, 4.69) is 15.5 Å². The first-order chi connectivity index (χ1) is 13.1. The lowest BCUT2D eigenvalue weighted by atomic mass is 9.73. The Labute approximate surface area is 157 Å². The Bertz CT molecular complexity index is 785. The van der Waals surface area contributed by atoms with Crippen molar-refractivity contribution in [2.24, 2.45) is 5.41 Å². The molecule has 2 heterocycles. The van der Waals surface area contributed by atoms with Crippen LogP contribution in [0.2, 0.25) is 0 Å². The average molecular weight is 372 g/mol. The van der Waals surface area contributed by atoms with Crippen molar-refractivity contribution in [3.63, 3.8) is 0 Å². The number of ether oxygens (including phenoxy) is 1. The van der Waals surface area contributed by atoms with Crippen LogP contribution in [0.1, 0.15) is 11.1 Å². The third-order valence-corrected chi connectivity index (χ3v) is 4.89. The van der Waals surface area contributed by atoms with Crippen molar-refractivity contribution in [3.8, 4) is 5.75 Å². The lowest BCUT2D eigenvalue weighted by Gasteiger charge is -2.48. The molecule has 0 saturated carbocycles. The maximum Gasteiger partial charge on any atom is 0.248 e. The predicted molar refractivity (Wildman–Crippen MR) is 98.1 cm³/mol. The molecular formula is C19H24N4O4. The quantitative estimate of drug-likeness (QED) is 0.611. The molecule has 144 valence electrons. The number of nitrogens with zero attached hydrogens (tertiary/aromatic N) is 2. The van der Waals surface area contributed by atoms with E-state index in [1.54, 1.807) is 19.5 Å². The lowest BCUT2D eigenvalue weighted by Crippen LogP contribution is -2.66. The molecule has 3 N–H and O–H groups in total. The maximum absolute atomic E-state index is 12.9. The van der Waals surface area contributed by atoms with Gasteiger partial charge in [0.05, 0.1) is 18.7 Å². The number of aliphatic hydroxyl groups is 1. The Hall–Kier alpha value is -2.87. The standard InChI is InChI=1S/C19H24N4O4/c1-27-16-4-2-3-14(7-16)8-19(12-23(13-19)17(25)11-24)18(26)20-6-5-15-9-21-22-10-15/h2-4,7,9-10,24H,5-6,8,11-13H2,1H3,(H,20,26)(H,21,22). The fraction of sp³-hybridized carbons (Fsp3) is 0.421. The number of likely N-dealkylation sites (tertiary alicyclic amines) is 1. The van der Waals surface area contributed by atoms with E-state index in [0.29, 0.717) is 32.5 Å². The summed E-state index contributed by atoms with van der Waals surface area (Å²) in [4.78, 5) is 26.2. The van der Waals surface area contributed by atoms with Gasteiger partial charge in [0.15, 0.2) is 0 Å². The Kier molecular flexibility index (Phi) is 5.75. The van der Waals surface area contributed by atoms with Crippen LogP contribution in [-0.4, -0.2) is 65.4 Å². The Morgan fingerprint density at radius 1 is 1.37 bits per heavy atom. The molecule has 27 heavy (non-hydrogen) atoms. The van der Waals surface area contributed by atoms with Crippen molar-refractivity contribution >= 4 is 11.8 Å². The second-order valence-corrected chi connectivity index (χ2v) is 6.83. The van der Waals surface area contributed by atoms with E-state index in [9.17, 15) is 9.59 Å². The summed E-state index contributed by atoms with van der Waals surface area (Å²) in [5.74, 6) is 0.281. The van der Waals surface area contributed by atoms with Crippen molar-refractivity contribution < 1.29 is 19.4 Å². The second kappa shape index (κ2) is 8.22. The molecule has 0 radical (unpaired) electrons. The van der Waals surface area contributed by atoms with Gasteiger partial charge >= 0.3 is 0 Å². The highest BCUT2D eigenvalue weighted by molar-refractivity contribution is 5.88. The molecule has 0 unspecified atom stereocenters. The van der Waals surface area contributed by atoms with E-state index < -0.39 is 12.0 Å². The SMILES string of the molecule is COc1cccc(CC2(C(=O)NCCc3cn[nH]c3)CN(C(=O)CO)C2)c1. The van der Waals surface area contributed by atoms with E-state index in [1.165, 1.54) is 4.90 Å². The third-order valence-electron chi connectivity index (χ3n) is 4.89. The first kappa shape index (κ1) is 18.9. The molecular weight excluding hydrogens is 348 g/mol. The summed E-state index contributed by atoms with van der Waals surface area (Å²) in [5, 5.41) is 18.7. The summed E-state index contributed by atoms with van der Waals surface area (Å²) in [6, 6.07) is 7.58. The van der Waals surface area contributed by atoms with E-state index in [0.717, 1.165) is 16.9 Å². The number of aromatic amines is 1. The molecule has 1 aromatic heterocycles. The van der Waals surface area contributed by atoms with Gasteiger partial charge in [-0.05, 0) is 36.1 Å². The van der Waals surface area contributed by atoms with Gasteiger partial charge in [-0.25, -0.2) is 0 Å². The number of rotatable bonds is 8. The van der Waals surface area contributed by atoms with Crippen LogP contribution in [0.3, 0.4) is 0 Å². The van der Waals surface area contributed by atoms with Gasteiger partial charge in [0.1, 0.15) is 12.4 Å². The molecule has 0 spiro atoms. The van der Waals surface area contributed by atoms with Crippen molar-refractivity contribution in [2.45, 2.75) is 12.8 Å². The van der Waals surface area contributed by atoms with Gasteiger partial charge in [0, 0.05) is 25.8 Å². The summed E-state index contributed by atoms with van der Waals surface area (Å²) in [6.45, 7) is 0.534. The molecule has 0 bridgehead atoms. The monoisotopic (exact) mass is 372 g/mol. The van der Waals surface area contributed by atoms with Crippen molar-refractivity contribution in [2.75, 3.05) is 33.4 Å². The van der Waals surface area contributed by atoms with Crippen LogP contribution in [0.5, 0.6) is 5.75 Å². The molecule has 3 rings (SSSR count). The predicted octanol–water partition coefficient (Wildman–Crippen LogP) is 0.141. The average Bonchev–Trinajstić information content (AvgIpc) is 3.17. The zero-order valence-corrected chi connectivity index (χ0v) is 15.3. The number of aliphatic hydroxyl groups excluding tert-OH is 1. The van der Waals surface area contributed by atoms with E-state index in [-0.39, 0.29) is 11.8 Å². The fourth-order valence-corrected chi connectivity index (χ4v) is 3.39. The molecule has 1 saturated heterocycles. The second-order valence-electron chi connectivity index (χ2n) is 6.83.